The Balaban J connectivity index is 0.000000216. The molecular weight excluding hydrogens is 372 g/mol. The van der Waals surface area contributed by atoms with Gasteiger partial charge in [-0.25, -0.2) is 9.97 Å². The van der Waals surface area contributed by atoms with Gasteiger partial charge in [0.1, 0.15) is 12.1 Å². The maximum absolute atomic E-state index is 10.1. The molecule has 0 amide bonds. The number of nitrogen functional groups attached to an aromatic ring is 2. The first-order valence-corrected chi connectivity index (χ1v) is 10.5. The number of hydrogen-bond donors (Lipinski definition) is 2. The smallest absolute Gasteiger partial charge is 0.145 e. The summed E-state index contributed by atoms with van der Waals surface area (Å²) in [6.45, 7) is 2.03. The molecule has 1 aliphatic rings. The highest BCUT2D eigenvalue weighted by Gasteiger charge is 2.20. The lowest BCUT2D eigenvalue weighted by Gasteiger charge is -2.22. The zero-order valence-corrected chi connectivity index (χ0v) is 17.6. The minimum Gasteiger partial charge on any atom is -0.399 e. The van der Waals surface area contributed by atoms with Crippen LogP contribution in [0.1, 0.15) is 54.8 Å². The van der Waals surface area contributed by atoms with Crippen LogP contribution in [-0.2, 0) is 11.2 Å². The predicted octanol–water partition coefficient (Wildman–Crippen LogP) is 5.09. The fourth-order valence-electron chi connectivity index (χ4n) is 3.70. The molecule has 0 radical (unpaired) electrons. The van der Waals surface area contributed by atoms with E-state index in [-0.39, 0.29) is 0 Å². The summed E-state index contributed by atoms with van der Waals surface area (Å²) in [5, 5.41) is 0. The predicted molar refractivity (Wildman–Crippen MR) is 123 cm³/mol. The van der Waals surface area contributed by atoms with Crippen LogP contribution in [0.5, 0.6) is 0 Å². The van der Waals surface area contributed by atoms with Crippen LogP contribution in [0.15, 0.2) is 54.7 Å². The topological polar surface area (TPSA) is 94.9 Å². The number of carbonyl (C=O) groups is 1. The summed E-state index contributed by atoms with van der Waals surface area (Å²) in [6.07, 6.45) is 9.38. The van der Waals surface area contributed by atoms with Gasteiger partial charge in [0.25, 0.3) is 0 Å². The average Bonchev–Trinajstić information content (AvgIpc) is 2.78. The molecule has 0 bridgehead atoms. The first-order chi connectivity index (χ1) is 14.6. The van der Waals surface area contributed by atoms with Gasteiger partial charge in [-0.2, -0.15) is 0 Å². The molecule has 0 saturated heterocycles. The summed E-state index contributed by atoms with van der Waals surface area (Å²) in [6, 6.07) is 15.7. The van der Waals surface area contributed by atoms with Gasteiger partial charge in [-0.05, 0) is 37.5 Å². The molecule has 5 nitrogen and oxygen atoms in total. The standard InChI is InChI=1S/C16H20N4.C9H10O/c17-13-8-6-11(7-9-13)14-10-19-16(18)15(20-14)12-4-2-1-3-5-12;1-8-2-4-9(5-3-8)6-7-10/h6-10,12H,1-5,17H2,(H2,18,19);2-5,7H,6H2,1H3. The molecule has 1 aromatic heterocycles. The fraction of sp³-hybridized carbons (Fsp3) is 0.320. The molecule has 1 fully saturated rings. The number of hydrogen-bond acceptors (Lipinski definition) is 5. The number of nitrogens with zero attached hydrogens (tertiary/aromatic N) is 2. The molecule has 0 unspecified atom stereocenters. The third-order valence-corrected chi connectivity index (χ3v) is 5.47. The van der Waals surface area contributed by atoms with E-state index in [1.54, 1.807) is 6.20 Å². The Morgan fingerprint density at radius 1 is 0.967 bits per heavy atom. The normalized spacial score (nSPS) is 13.9. The van der Waals surface area contributed by atoms with Crippen LogP contribution < -0.4 is 11.5 Å². The molecule has 156 valence electrons. The second-order valence-corrected chi connectivity index (χ2v) is 7.84. The lowest BCUT2D eigenvalue weighted by molar-refractivity contribution is -0.107. The lowest BCUT2D eigenvalue weighted by Crippen LogP contribution is -2.11. The second-order valence-electron chi connectivity index (χ2n) is 7.84. The Kier molecular flexibility index (Phi) is 7.55. The van der Waals surface area contributed by atoms with E-state index in [9.17, 15) is 4.79 Å². The summed E-state index contributed by atoms with van der Waals surface area (Å²) in [5.41, 5.74) is 17.7. The third-order valence-electron chi connectivity index (χ3n) is 5.47. The van der Waals surface area contributed by atoms with E-state index in [0.29, 0.717) is 18.2 Å². The molecule has 1 saturated carbocycles. The number of rotatable bonds is 4. The summed E-state index contributed by atoms with van der Waals surface area (Å²) >= 11 is 0. The van der Waals surface area contributed by atoms with Gasteiger partial charge >= 0.3 is 0 Å². The summed E-state index contributed by atoms with van der Waals surface area (Å²) in [5.74, 6) is 1.04. The van der Waals surface area contributed by atoms with Crippen molar-refractivity contribution in [3.05, 3.63) is 71.5 Å². The minimum absolute atomic E-state index is 0.463. The molecular formula is C25H30N4O. The monoisotopic (exact) mass is 402 g/mol. The lowest BCUT2D eigenvalue weighted by atomic mass is 9.86. The number of nitrogens with two attached hydrogens (primary N) is 2. The van der Waals surface area contributed by atoms with Crippen molar-refractivity contribution in [1.29, 1.82) is 0 Å². The largest absolute Gasteiger partial charge is 0.399 e. The number of aldehydes is 1. The minimum atomic E-state index is 0.463. The summed E-state index contributed by atoms with van der Waals surface area (Å²) in [7, 11) is 0. The van der Waals surface area contributed by atoms with Gasteiger partial charge in [0.2, 0.25) is 0 Å². The molecule has 0 aliphatic heterocycles. The zero-order chi connectivity index (χ0) is 21.3. The Morgan fingerprint density at radius 3 is 2.27 bits per heavy atom. The Bertz CT molecular complexity index is 946. The van der Waals surface area contributed by atoms with Crippen LogP contribution in [-0.4, -0.2) is 16.3 Å². The highest BCUT2D eigenvalue weighted by atomic mass is 16.1. The number of benzene rings is 2. The van der Waals surface area contributed by atoms with Crippen molar-refractivity contribution in [2.24, 2.45) is 0 Å². The molecule has 1 heterocycles. The number of aromatic nitrogens is 2. The first-order valence-electron chi connectivity index (χ1n) is 10.5. The molecule has 0 atom stereocenters. The van der Waals surface area contributed by atoms with E-state index in [0.717, 1.165) is 34.5 Å². The quantitative estimate of drug-likeness (QED) is 0.468. The van der Waals surface area contributed by atoms with Gasteiger partial charge in [0.05, 0.1) is 17.6 Å². The zero-order valence-electron chi connectivity index (χ0n) is 17.6. The molecule has 30 heavy (non-hydrogen) atoms. The Labute approximate surface area is 178 Å². The fourth-order valence-corrected chi connectivity index (χ4v) is 3.70. The van der Waals surface area contributed by atoms with Crippen molar-refractivity contribution in [3.63, 3.8) is 0 Å². The highest BCUT2D eigenvalue weighted by Crippen LogP contribution is 2.34. The van der Waals surface area contributed by atoms with E-state index in [2.05, 4.69) is 4.98 Å². The van der Waals surface area contributed by atoms with Gasteiger partial charge in [-0.15, -0.1) is 0 Å². The molecule has 1 aliphatic carbocycles. The van der Waals surface area contributed by atoms with E-state index in [4.69, 9.17) is 16.5 Å². The van der Waals surface area contributed by atoms with Crippen LogP contribution in [0.4, 0.5) is 11.5 Å². The van der Waals surface area contributed by atoms with Gasteiger partial charge < -0.3 is 16.3 Å². The van der Waals surface area contributed by atoms with Crippen LogP contribution in [0, 0.1) is 6.92 Å². The second kappa shape index (κ2) is 10.5. The molecule has 2 aromatic carbocycles. The molecule has 4 rings (SSSR count). The average molecular weight is 403 g/mol. The van der Waals surface area contributed by atoms with E-state index < -0.39 is 0 Å². The molecule has 4 N–H and O–H groups in total. The van der Waals surface area contributed by atoms with E-state index in [1.807, 2.05) is 55.5 Å². The van der Waals surface area contributed by atoms with Gasteiger partial charge in [0, 0.05) is 23.6 Å². The van der Waals surface area contributed by atoms with Crippen LogP contribution in [0.3, 0.4) is 0 Å². The highest BCUT2D eigenvalue weighted by molar-refractivity contribution is 5.62. The summed E-state index contributed by atoms with van der Waals surface area (Å²) in [4.78, 5) is 19.2. The van der Waals surface area contributed by atoms with Crippen molar-refractivity contribution in [2.75, 3.05) is 11.5 Å². The molecule has 0 spiro atoms. The van der Waals surface area contributed by atoms with Crippen molar-refractivity contribution >= 4 is 17.8 Å². The first kappa shape index (κ1) is 21.5. The van der Waals surface area contributed by atoms with Crippen molar-refractivity contribution in [3.8, 4) is 11.3 Å². The molecule has 5 heteroatoms. The van der Waals surface area contributed by atoms with Crippen LogP contribution in [0.2, 0.25) is 0 Å². The van der Waals surface area contributed by atoms with Crippen molar-refractivity contribution < 1.29 is 4.79 Å². The number of anilines is 2. The van der Waals surface area contributed by atoms with Gasteiger partial charge in [-0.1, -0.05) is 61.2 Å². The Hall–Kier alpha value is -3.21. The SMILES string of the molecule is Cc1ccc(CC=O)cc1.Nc1ccc(-c2cnc(N)c(C3CCCCC3)n2)cc1. The number of aryl methyl sites for hydroxylation is 1. The van der Waals surface area contributed by atoms with Crippen LogP contribution >= 0.6 is 0 Å². The van der Waals surface area contributed by atoms with E-state index >= 15 is 0 Å². The molecule has 3 aromatic rings. The Morgan fingerprint density at radius 2 is 1.63 bits per heavy atom. The third kappa shape index (κ3) is 5.89. The summed E-state index contributed by atoms with van der Waals surface area (Å²) < 4.78 is 0. The van der Waals surface area contributed by atoms with Gasteiger partial charge in [0.15, 0.2) is 0 Å². The van der Waals surface area contributed by atoms with Crippen molar-refractivity contribution in [2.45, 2.75) is 51.4 Å². The van der Waals surface area contributed by atoms with Crippen LogP contribution in [0.25, 0.3) is 11.3 Å². The van der Waals surface area contributed by atoms with E-state index in [1.165, 1.54) is 37.7 Å². The van der Waals surface area contributed by atoms with Crippen molar-refractivity contribution in [1.82, 2.24) is 9.97 Å². The maximum atomic E-state index is 10.1. The maximum Gasteiger partial charge on any atom is 0.145 e. The number of carbonyl (C=O) groups excluding carboxylic acids is 1. The van der Waals surface area contributed by atoms with Gasteiger partial charge in [-0.3, -0.25) is 0 Å².